The van der Waals surface area contributed by atoms with Crippen LogP contribution in [0.2, 0.25) is 0 Å². The predicted molar refractivity (Wildman–Crippen MR) is 103 cm³/mol. The van der Waals surface area contributed by atoms with Crippen LogP contribution in [0.25, 0.3) is 0 Å². The Morgan fingerprint density at radius 3 is 2.28 bits per heavy atom. The van der Waals surface area contributed by atoms with E-state index in [9.17, 15) is 22.4 Å². The van der Waals surface area contributed by atoms with Gasteiger partial charge >= 0.3 is 12.1 Å². The van der Waals surface area contributed by atoms with Crippen LogP contribution < -0.4 is 10.5 Å². The highest BCUT2D eigenvalue weighted by Crippen LogP contribution is 2.19. The number of hydrogen-bond donors (Lipinski definition) is 2. The average molecular weight is 461 g/mol. The first kappa shape index (κ1) is 25.0. The third kappa shape index (κ3) is 8.13. The summed E-state index contributed by atoms with van der Waals surface area (Å²) in [5, 5.41) is 15.2. The molecule has 0 aliphatic carbocycles. The van der Waals surface area contributed by atoms with Gasteiger partial charge in [-0.2, -0.15) is 13.2 Å². The number of likely N-dealkylation sites (tertiary alicyclic amines) is 1. The molecule has 1 saturated heterocycles. The minimum Gasteiger partial charge on any atom is -0.484 e. The molecule has 2 aromatic rings. The van der Waals surface area contributed by atoms with Gasteiger partial charge in [0.25, 0.3) is 5.91 Å². The zero-order valence-electron chi connectivity index (χ0n) is 17.0. The van der Waals surface area contributed by atoms with Crippen molar-refractivity contribution in [3.63, 3.8) is 0 Å². The lowest BCUT2D eigenvalue weighted by Gasteiger charge is -2.31. The molecule has 32 heavy (non-hydrogen) atoms. The van der Waals surface area contributed by atoms with Crippen LogP contribution >= 0.6 is 0 Å². The second kappa shape index (κ2) is 11.4. The third-order valence-electron chi connectivity index (χ3n) is 4.63. The van der Waals surface area contributed by atoms with E-state index in [-0.39, 0.29) is 18.3 Å². The Hall–Kier alpha value is -3.22. The quantitative estimate of drug-likeness (QED) is 0.629. The molecule has 1 aromatic carbocycles. The number of piperidine rings is 1. The zero-order valence-corrected chi connectivity index (χ0v) is 17.0. The number of rotatable bonds is 6. The van der Waals surface area contributed by atoms with Crippen LogP contribution in [0.15, 0.2) is 30.5 Å². The van der Waals surface area contributed by atoms with Gasteiger partial charge in [0, 0.05) is 32.4 Å². The number of amides is 1. The van der Waals surface area contributed by atoms with Crippen molar-refractivity contribution >= 4 is 11.9 Å². The fourth-order valence-electron chi connectivity index (χ4n) is 2.92. The van der Waals surface area contributed by atoms with Crippen molar-refractivity contribution in [1.82, 2.24) is 19.9 Å². The van der Waals surface area contributed by atoms with Crippen molar-refractivity contribution in [2.75, 3.05) is 19.7 Å². The summed E-state index contributed by atoms with van der Waals surface area (Å²) in [7, 11) is 0. The van der Waals surface area contributed by atoms with Gasteiger partial charge < -0.3 is 20.5 Å². The average Bonchev–Trinajstić information content (AvgIpc) is 3.21. The predicted octanol–water partition coefficient (Wildman–Crippen LogP) is 1.83. The summed E-state index contributed by atoms with van der Waals surface area (Å²) in [4.78, 5) is 22.9. The molecule has 0 spiro atoms. The standard InChI is InChI=1S/C17H22FN5O2.C2HF3O2/c18-14-1-3-16(4-2-14)25-12-17(24)22-7-5-13(6-8-22)10-23-11-15(9-19)20-21-23;3-2(4,5)1(6)7/h1-4,11,13H,5-10,12,19H2;(H,6,7). The number of aromatic nitrogens is 3. The summed E-state index contributed by atoms with van der Waals surface area (Å²) in [5.41, 5.74) is 6.32. The Labute approximate surface area is 180 Å². The molecule has 0 unspecified atom stereocenters. The third-order valence-corrected chi connectivity index (χ3v) is 4.63. The molecule has 1 aromatic heterocycles. The molecule has 0 atom stereocenters. The smallest absolute Gasteiger partial charge is 0.484 e. The monoisotopic (exact) mass is 461 g/mol. The van der Waals surface area contributed by atoms with Gasteiger partial charge in [0.05, 0.1) is 5.69 Å². The molecule has 0 radical (unpaired) electrons. The van der Waals surface area contributed by atoms with E-state index in [4.69, 9.17) is 20.4 Å². The Morgan fingerprint density at radius 2 is 1.78 bits per heavy atom. The van der Waals surface area contributed by atoms with Gasteiger partial charge in [-0.05, 0) is 43.0 Å². The second-order valence-electron chi connectivity index (χ2n) is 7.01. The molecular weight excluding hydrogens is 438 g/mol. The molecular formula is C19H23F4N5O4. The second-order valence-corrected chi connectivity index (χ2v) is 7.01. The van der Waals surface area contributed by atoms with Gasteiger partial charge in [-0.3, -0.25) is 9.48 Å². The maximum atomic E-state index is 12.8. The van der Waals surface area contributed by atoms with Crippen LogP contribution in [0.4, 0.5) is 17.6 Å². The van der Waals surface area contributed by atoms with Crippen LogP contribution in [-0.2, 0) is 22.7 Å². The van der Waals surface area contributed by atoms with Crippen LogP contribution in [0.1, 0.15) is 18.5 Å². The van der Waals surface area contributed by atoms with Gasteiger partial charge in [-0.25, -0.2) is 9.18 Å². The van der Waals surface area contributed by atoms with E-state index in [0.29, 0.717) is 31.3 Å². The minimum absolute atomic E-state index is 0.0285. The van der Waals surface area contributed by atoms with Crippen molar-refractivity contribution < 1.29 is 37.0 Å². The maximum absolute atomic E-state index is 12.8. The van der Waals surface area contributed by atoms with Crippen LogP contribution in [-0.4, -0.2) is 62.7 Å². The van der Waals surface area contributed by atoms with E-state index >= 15 is 0 Å². The van der Waals surface area contributed by atoms with Crippen molar-refractivity contribution in [3.05, 3.63) is 42.0 Å². The molecule has 3 N–H and O–H groups in total. The number of ether oxygens (including phenoxy) is 1. The molecule has 3 rings (SSSR count). The van der Waals surface area contributed by atoms with E-state index in [1.54, 1.807) is 0 Å². The molecule has 13 heteroatoms. The Bertz CT molecular complexity index is 881. The number of carbonyl (C=O) groups excluding carboxylic acids is 1. The lowest BCUT2D eigenvalue weighted by atomic mass is 9.97. The summed E-state index contributed by atoms with van der Waals surface area (Å²) in [6.07, 6.45) is -1.38. The number of carboxylic acid groups (broad SMARTS) is 1. The molecule has 1 amide bonds. The minimum atomic E-state index is -5.08. The van der Waals surface area contributed by atoms with Gasteiger partial charge in [0.15, 0.2) is 6.61 Å². The number of aliphatic carboxylic acids is 1. The van der Waals surface area contributed by atoms with Crippen LogP contribution in [0.3, 0.4) is 0 Å². The number of hydrogen-bond acceptors (Lipinski definition) is 6. The molecule has 2 heterocycles. The van der Waals surface area contributed by atoms with E-state index in [0.717, 1.165) is 25.1 Å². The van der Waals surface area contributed by atoms with E-state index < -0.39 is 12.1 Å². The lowest BCUT2D eigenvalue weighted by molar-refractivity contribution is -0.192. The van der Waals surface area contributed by atoms with Gasteiger partial charge in [-0.15, -0.1) is 5.10 Å². The Balaban J connectivity index is 0.000000451. The number of carboxylic acids is 1. The number of nitrogens with two attached hydrogens (primary N) is 1. The lowest BCUT2D eigenvalue weighted by Crippen LogP contribution is -2.41. The number of nitrogens with zero attached hydrogens (tertiary/aromatic N) is 4. The van der Waals surface area contributed by atoms with Crippen molar-refractivity contribution in [1.29, 1.82) is 0 Å². The summed E-state index contributed by atoms with van der Waals surface area (Å²) in [6.45, 7) is 2.56. The Kier molecular flexibility index (Phi) is 8.93. The van der Waals surface area contributed by atoms with Gasteiger partial charge in [0.1, 0.15) is 11.6 Å². The summed E-state index contributed by atoms with van der Waals surface area (Å²) in [5.74, 6) is -2.17. The maximum Gasteiger partial charge on any atom is 0.490 e. The number of alkyl halides is 3. The fourth-order valence-corrected chi connectivity index (χ4v) is 2.92. The highest BCUT2D eigenvalue weighted by atomic mass is 19.4. The van der Waals surface area contributed by atoms with E-state index in [2.05, 4.69) is 10.3 Å². The van der Waals surface area contributed by atoms with Crippen LogP contribution in [0.5, 0.6) is 5.75 Å². The first-order valence-electron chi connectivity index (χ1n) is 9.63. The van der Waals surface area contributed by atoms with Gasteiger partial charge in [-0.1, -0.05) is 5.21 Å². The molecule has 0 bridgehead atoms. The topological polar surface area (TPSA) is 124 Å². The first-order chi connectivity index (χ1) is 15.1. The first-order valence-corrected chi connectivity index (χ1v) is 9.63. The Morgan fingerprint density at radius 1 is 1.19 bits per heavy atom. The molecule has 1 aliphatic rings. The van der Waals surface area contributed by atoms with Crippen molar-refractivity contribution in [3.8, 4) is 5.75 Å². The molecule has 176 valence electrons. The number of carbonyl (C=O) groups is 2. The largest absolute Gasteiger partial charge is 0.490 e. The zero-order chi connectivity index (χ0) is 23.7. The fraction of sp³-hybridized carbons (Fsp3) is 0.474. The summed E-state index contributed by atoms with van der Waals surface area (Å²) < 4.78 is 51.8. The SMILES string of the molecule is NCc1cn(CC2CCN(C(=O)COc3ccc(F)cc3)CC2)nn1.O=C(O)C(F)(F)F. The van der Waals surface area contributed by atoms with E-state index in [1.807, 2.05) is 15.8 Å². The van der Waals surface area contributed by atoms with Crippen molar-refractivity contribution in [2.24, 2.45) is 11.7 Å². The number of halogens is 4. The normalized spacial score (nSPS) is 14.5. The van der Waals surface area contributed by atoms with Crippen molar-refractivity contribution in [2.45, 2.75) is 32.1 Å². The van der Waals surface area contributed by atoms with E-state index in [1.165, 1.54) is 24.3 Å². The highest BCUT2D eigenvalue weighted by Gasteiger charge is 2.38. The van der Waals surface area contributed by atoms with Gasteiger partial charge in [0.2, 0.25) is 0 Å². The summed E-state index contributed by atoms with van der Waals surface area (Å²) >= 11 is 0. The molecule has 0 saturated carbocycles. The molecule has 9 nitrogen and oxygen atoms in total. The summed E-state index contributed by atoms with van der Waals surface area (Å²) in [6, 6.07) is 5.65. The highest BCUT2D eigenvalue weighted by molar-refractivity contribution is 5.77. The molecule has 1 aliphatic heterocycles. The number of benzene rings is 1. The van der Waals surface area contributed by atoms with Crippen LogP contribution in [0, 0.1) is 11.7 Å². The molecule has 1 fully saturated rings.